The van der Waals surface area contributed by atoms with Crippen LogP contribution in [0.3, 0.4) is 0 Å². The number of nitrogens with one attached hydrogen (secondary N) is 2. The van der Waals surface area contributed by atoms with Gasteiger partial charge in [-0.3, -0.25) is 9.59 Å². The van der Waals surface area contributed by atoms with Crippen LogP contribution >= 0.6 is 0 Å². The Morgan fingerprint density at radius 2 is 1.98 bits per heavy atom. The molecule has 1 aliphatic rings. The molecule has 2 aromatic carbocycles. The molecule has 1 heterocycles. The molecule has 0 aliphatic heterocycles. The molecule has 3 aromatic rings. The molecule has 0 fully saturated rings. The fourth-order valence-electron chi connectivity index (χ4n) is 5.49. The molecule has 3 N–H and O–H groups in total. The number of benzene rings is 2. The van der Waals surface area contributed by atoms with E-state index in [9.17, 15) is 23.5 Å². The molecule has 4 rings (SSSR count). The molecule has 41 heavy (non-hydrogen) atoms. The number of aromatic nitrogens is 2. The molecule has 2 unspecified atom stereocenters. The number of nitrogens with zero attached hydrogens (tertiary/aromatic N) is 3. The summed E-state index contributed by atoms with van der Waals surface area (Å²) in [5, 5.41) is 17.1. The number of aryl methyl sites for hydroxylation is 1. The van der Waals surface area contributed by atoms with Gasteiger partial charge in [-0.15, -0.1) is 0 Å². The summed E-state index contributed by atoms with van der Waals surface area (Å²) in [6, 6.07) is 10.2. The van der Waals surface area contributed by atoms with Crippen molar-refractivity contribution >= 4 is 17.6 Å². The van der Waals surface area contributed by atoms with E-state index in [2.05, 4.69) is 15.6 Å². The highest BCUT2D eigenvalue weighted by Crippen LogP contribution is 2.26. The minimum Gasteiger partial charge on any atom is -0.384 e. The topological polar surface area (TPSA) is 99.5 Å². The van der Waals surface area contributed by atoms with Crippen LogP contribution in [0.4, 0.5) is 14.6 Å². The maximum atomic E-state index is 14.4. The van der Waals surface area contributed by atoms with Crippen LogP contribution in [0.2, 0.25) is 0 Å². The lowest BCUT2D eigenvalue weighted by atomic mass is 9.87. The van der Waals surface area contributed by atoms with E-state index in [-0.39, 0.29) is 24.4 Å². The third-order valence-electron chi connectivity index (χ3n) is 7.77. The first-order chi connectivity index (χ1) is 19.5. The van der Waals surface area contributed by atoms with Crippen molar-refractivity contribution in [3.05, 3.63) is 83.3 Å². The Labute approximate surface area is 239 Å². The quantitative estimate of drug-likeness (QED) is 0.320. The fraction of sp³-hybridized carbons (Fsp3) is 0.452. The lowest BCUT2D eigenvalue weighted by Gasteiger charge is -2.31. The number of rotatable bonds is 11. The third kappa shape index (κ3) is 7.37. The summed E-state index contributed by atoms with van der Waals surface area (Å²) in [6.07, 6.45) is 6.01. The number of anilines is 1. The number of hydrogen-bond acceptors (Lipinski definition) is 5. The van der Waals surface area contributed by atoms with E-state index in [0.29, 0.717) is 48.2 Å². The molecule has 0 bridgehead atoms. The average Bonchev–Trinajstić information content (AvgIpc) is 3.40. The number of imidazole rings is 1. The van der Waals surface area contributed by atoms with Crippen molar-refractivity contribution in [2.75, 3.05) is 18.9 Å². The first kappa shape index (κ1) is 30.3. The van der Waals surface area contributed by atoms with Gasteiger partial charge in [-0.25, -0.2) is 13.8 Å². The van der Waals surface area contributed by atoms with Gasteiger partial charge >= 0.3 is 0 Å². The zero-order valence-corrected chi connectivity index (χ0v) is 24.0. The van der Waals surface area contributed by atoms with Crippen LogP contribution < -0.4 is 10.6 Å². The van der Waals surface area contributed by atoms with Gasteiger partial charge in [-0.1, -0.05) is 43.7 Å². The van der Waals surface area contributed by atoms with Gasteiger partial charge in [0.2, 0.25) is 11.8 Å². The average molecular weight is 568 g/mol. The van der Waals surface area contributed by atoms with Crippen LogP contribution in [0.5, 0.6) is 0 Å². The summed E-state index contributed by atoms with van der Waals surface area (Å²) in [5.74, 6) is -1.29. The Morgan fingerprint density at radius 1 is 1.24 bits per heavy atom. The highest BCUT2D eigenvalue weighted by Gasteiger charge is 2.30. The Balaban J connectivity index is 1.36. The van der Waals surface area contributed by atoms with Crippen molar-refractivity contribution in [1.29, 1.82) is 0 Å². The van der Waals surface area contributed by atoms with Crippen molar-refractivity contribution < 1.29 is 23.5 Å². The predicted octanol–water partition coefficient (Wildman–Crippen LogP) is 4.34. The summed E-state index contributed by atoms with van der Waals surface area (Å²) in [6.45, 7) is 5.49. The smallest absolute Gasteiger partial charge is 0.245 e. The lowest BCUT2D eigenvalue weighted by molar-refractivity contribution is -0.136. The molecular weight excluding hydrogens is 528 g/mol. The number of likely N-dealkylation sites (N-methyl/N-ethyl adjacent to an activating group) is 1. The molecule has 220 valence electrons. The largest absolute Gasteiger partial charge is 0.384 e. The van der Waals surface area contributed by atoms with E-state index in [1.807, 2.05) is 37.3 Å². The zero-order chi connectivity index (χ0) is 29.7. The van der Waals surface area contributed by atoms with Gasteiger partial charge in [-0.2, -0.15) is 0 Å². The SMILES string of the molecule is CCC[C@H](N[C@H]1CCc2cc(F)cc(F)c2C1)C(=O)Nc1cn(C(C)C(=O)N(C)CC(C)(O)c2ccccc2)cn1. The van der Waals surface area contributed by atoms with Crippen LogP contribution in [0.1, 0.15) is 62.8 Å². The van der Waals surface area contributed by atoms with Crippen molar-refractivity contribution in [2.45, 2.75) is 76.6 Å². The van der Waals surface area contributed by atoms with Gasteiger partial charge in [0, 0.05) is 25.4 Å². The van der Waals surface area contributed by atoms with Crippen LogP contribution in [0, 0.1) is 11.6 Å². The summed E-state index contributed by atoms with van der Waals surface area (Å²) in [5.41, 5.74) is 0.675. The van der Waals surface area contributed by atoms with Gasteiger partial charge < -0.3 is 25.2 Å². The highest BCUT2D eigenvalue weighted by atomic mass is 19.1. The van der Waals surface area contributed by atoms with Crippen LogP contribution in [0.15, 0.2) is 55.0 Å². The summed E-state index contributed by atoms with van der Waals surface area (Å²) in [7, 11) is 1.64. The number of carbonyl (C=O) groups is 2. The minimum atomic E-state index is -1.22. The Bertz CT molecular complexity index is 1360. The van der Waals surface area contributed by atoms with Crippen molar-refractivity contribution in [1.82, 2.24) is 19.8 Å². The zero-order valence-electron chi connectivity index (χ0n) is 24.0. The molecule has 1 aromatic heterocycles. The van der Waals surface area contributed by atoms with E-state index in [4.69, 9.17) is 0 Å². The highest BCUT2D eigenvalue weighted by molar-refractivity contribution is 5.94. The second-order valence-electron chi connectivity index (χ2n) is 11.2. The normalized spacial score (nSPS) is 17.7. The van der Waals surface area contributed by atoms with Crippen LogP contribution in [-0.2, 0) is 28.0 Å². The third-order valence-corrected chi connectivity index (χ3v) is 7.77. The molecular formula is C31H39F2N5O3. The van der Waals surface area contributed by atoms with Crippen molar-refractivity contribution in [3.63, 3.8) is 0 Å². The van der Waals surface area contributed by atoms with E-state index in [1.54, 1.807) is 31.7 Å². The first-order valence-electron chi connectivity index (χ1n) is 14.1. The van der Waals surface area contributed by atoms with Gasteiger partial charge in [0.15, 0.2) is 5.82 Å². The van der Waals surface area contributed by atoms with Crippen molar-refractivity contribution in [3.8, 4) is 0 Å². The second kappa shape index (κ2) is 12.9. The van der Waals surface area contributed by atoms with E-state index >= 15 is 0 Å². The Hall–Kier alpha value is -3.63. The number of hydrogen-bond donors (Lipinski definition) is 3. The Morgan fingerprint density at radius 3 is 2.68 bits per heavy atom. The Kier molecular flexibility index (Phi) is 9.55. The standard InChI is InChI=1S/C31H39F2N5O3/c1-5-9-27(35-24-13-12-21-14-23(32)15-26(33)25(21)16-24)29(39)36-28-17-38(19-34-28)20(2)30(40)37(4)18-31(3,41)22-10-7-6-8-11-22/h6-8,10-11,14-15,17,19-20,24,27,35,41H,5,9,12-13,16,18H2,1-4H3,(H,36,39)/t20?,24-,27-,31?/m0/s1. The van der Waals surface area contributed by atoms with Crippen LogP contribution in [-0.4, -0.2) is 57.0 Å². The lowest BCUT2D eigenvalue weighted by Crippen LogP contribution is -2.48. The maximum Gasteiger partial charge on any atom is 0.245 e. The summed E-state index contributed by atoms with van der Waals surface area (Å²) < 4.78 is 29.6. The van der Waals surface area contributed by atoms with Gasteiger partial charge in [-0.05, 0) is 62.3 Å². The maximum absolute atomic E-state index is 14.4. The first-order valence-corrected chi connectivity index (χ1v) is 14.1. The van der Waals surface area contributed by atoms with E-state index < -0.39 is 29.3 Å². The molecule has 0 radical (unpaired) electrons. The molecule has 8 nitrogen and oxygen atoms in total. The monoisotopic (exact) mass is 567 g/mol. The van der Waals surface area contributed by atoms with Crippen LogP contribution in [0.25, 0.3) is 0 Å². The number of carbonyl (C=O) groups excluding carboxylic acids is 2. The van der Waals surface area contributed by atoms with Gasteiger partial charge in [0.05, 0.1) is 18.9 Å². The fourth-order valence-corrected chi connectivity index (χ4v) is 5.49. The van der Waals surface area contributed by atoms with E-state index in [1.165, 1.54) is 17.3 Å². The summed E-state index contributed by atoms with van der Waals surface area (Å²) in [4.78, 5) is 32.1. The minimum absolute atomic E-state index is 0.104. The molecule has 0 spiro atoms. The number of amides is 2. The number of fused-ring (bicyclic) bond motifs is 1. The second-order valence-corrected chi connectivity index (χ2v) is 11.2. The number of aliphatic hydroxyl groups is 1. The molecule has 1 aliphatic carbocycles. The summed E-state index contributed by atoms with van der Waals surface area (Å²) >= 11 is 0. The molecule has 0 saturated heterocycles. The van der Waals surface area contributed by atoms with Gasteiger partial charge in [0.25, 0.3) is 0 Å². The molecule has 10 heteroatoms. The van der Waals surface area contributed by atoms with E-state index in [0.717, 1.165) is 12.5 Å². The molecule has 2 amide bonds. The van der Waals surface area contributed by atoms with Gasteiger partial charge in [0.1, 0.15) is 23.3 Å². The number of halogens is 2. The predicted molar refractivity (Wildman–Crippen MR) is 153 cm³/mol. The molecule has 4 atom stereocenters. The molecule has 0 saturated carbocycles. The van der Waals surface area contributed by atoms with Crippen molar-refractivity contribution in [2.24, 2.45) is 0 Å².